The zero-order valence-corrected chi connectivity index (χ0v) is 11.5. The van der Waals surface area contributed by atoms with Crippen LogP contribution >= 0.6 is 0 Å². The van der Waals surface area contributed by atoms with E-state index in [1.165, 1.54) is 25.0 Å². The average molecular weight is 261 g/mol. The fourth-order valence-electron chi connectivity index (χ4n) is 2.40. The fraction of sp³-hybridized carbons (Fsp3) is 0.533. The van der Waals surface area contributed by atoms with Crippen LogP contribution in [0.25, 0.3) is 11.0 Å². The smallest absolute Gasteiger partial charge is 0.125 e. The number of hydrogen-bond donors (Lipinski definition) is 1. The van der Waals surface area contributed by atoms with Crippen molar-refractivity contribution < 1.29 is 4.39 Å². The van der Waals surface area contributed by atoms with Gasteiger partial charge in [0.05, 0.1) is 17.6 Å². The van der Waals surface area contributed by atoms with Crippen molar-refractivity contribution in [1.29, 1.82) is 0 Å². The summed E-state index contributed by atoms with van der Waals surface area (Å²) in [7, 11) is 0. The molecule has 1 aromatic carbocycles. The molecular weight excluding hydrogens is 241 g/mol. The van der Waals surface area contributed by atoms with Gasteiger partial charge in [-0.2, -0.15) is 0 Å². The number of benzene rings is 1. The van der Waals surface area contributed by atoms with E-state index in [1.54, 1.807) is 0 Å². The minimum absolute atomic E-state index is 0.214. The number of imidazole rings is 1. The summed E-state index contributed by atoms with van der Waals surface area (Å²) in [6.07, 6.45) is 3.51. The van der Waals surface area contributed by atoms with E-state index >= 15 is 0 Å². The average Bonchev–Trinajstić information content (AvgIpc) is 3.17. The number of halogens is 1. The Morgan fingerprint density at radius 3 is 2.95 bits per heavy atom. The molecule has 19 heavy (non-hydrogen) atoms. The van der Waals surface area contributed by atoms with Crippen molar-refractivity contribution in [3.05, 3.63) is 29.8 Å². The second-order valence-electron chi connectivity index (χ2n) is 5.45. The third kappa shape index (κ3) is 2.50. The maximum atomic E-state index is 13.3. The Kier molecular flexibility index (Phi) is 3.27. The Balaban J connectivity index is 1.95. The Labute approximate surface area is 112 Å². The van der Waals surface area contributed by atoms with E-state index in [4.69, 9.17) is 0 Å². The maximum Gasteiger partial charge on any atom is 0.125 e. The Morgan fingerprint density at radius 2 is 2.26 bits per heavy atom. The largest absolute Gasteiger partial charge is 0.324 e. The number of aromatic nitrogens is 2. The third-order valence-corrected chi connectivity index (χ3v) is 3.86. The van der Waals surface area contributed by atoms with E-state index < -0.39 is 0 Å². The highest BCUT2D eigenvalue weighted by atomic mass is 19.1. The van der Waals surface area contributed by atoms with Crippen LogP contribution in [0.1, 0.15) is 45.0 Å². The Morgan fingerprint density at radius 1 is 1.47 bits per heavy atom. The summed E-state index contributed by atoms with van der Waals surface area (Å²) in [5, 5.41) is 3.47. The fourth-order valence-corrected chi connectivity index (χ4v) is 2.40. The minimum atomic E-state index is -0.214. The summed E-state index contributed by atoms with van der Waals surface area (Å²) in [5.74, 6) is 0.817. The van der Waals surface area contributed by atoms with Gasteiger partial charge in [-0.1, -0.05) is 6.92 Å². The van der Waals surface area contributed by atoms with Crippen molar-refractivity contribution in [2.45, 2.75) is 51.7 Å². The second kappa shape index (κ2) is 4.93. The van der Waals surface area contributed by atoms with Crippen molar-refractivity contribution in [3.8, 4) is 0 Å². The van der Waals surface area contributed by atoms with E-state index in [-0.39, 0.29) is 5.82 Å². The van der Waals surface area contributed by atoms with Crippen LogP contribution in [-0.4, -0.2) is 15.6 Å². The quantitative estimate of drug-likeness (QED) is 0.894. The van der Waals surface area contributed by atoms with Crippen LogP contribution in [0.3, 0.4) is 0 Å². The van der Waals surface area contributed by atoms with Gasteiger partial charge in [0, 0.05) is 18.2 Å². The number of hydrogen-bond acceptors (Lipinski definition) is 2. The number of nitrogens with one attached hydrogen (secondary N) is 1. The predicted octanol–water partition coefficient (Wildman–Crippen LogP) is 3.40. The molecule has 1 saturated carbocycles. The van der Waals surface area contributed by atoms with Crippen molar-refractivity contribution in [2.75, 3.05) is 0 Å². The molecule has 0 aliphatic heterocycles. The third-order valence-electron chi connectivity index (χ3n) is 3.86. The lowest BCUT2D eigenvalue weighted by Gasteiger charge is -2.12. The van der Waals surface area contributed by atoms with Crippen LogP contribution in [0.15, 0.2) is 18.2 Å². The zero-order chi connectivity index (χ0) is 13.4. The first-order valence-corrected chi connectivity index (χ1v) is 7.08. The summed E-state index contributed by atoms with van der Waals surface area (Å²) in [6, 6.07) is 5.94. The molecule has 2 aromatic rings. The van der Waals surface area contributed by atoms with Gasteiger partial charge in [0.25, 0.3) is 0 Å². The van der Waals surface area contributed by atoms with Crippen LogP contribution < -0.4 is 5.32 Å². The first-order chi connectivity index (χ1) is 9.19. The molecule has 1 aliphatic rings. The van der Waals surface area contributed by atoms with E-state index in [0.717, 1.165) is 29.8 Å². The van der Waals surface area contributed by atoms with Gasteiger partial charge in [-0.15, -0.1) is 0 Å². The lowest BCUT2D eigenvalue weighted by molar-refractivity contribution is 0.511. The molecule has 0 spiro atoms. The van der Waals surface area contributed by atoms with Crippen molar-refractivity contribution in [3.63, 3.8) is 0 Å². The van der Waals surface area contributed by atoms with E-state index in [2.05, 4.69) is 28.7 Å². The Hall–Kier alpha value is -1.42. The number of nitrogens with zero attached hydrogens (tertiary/aromatic N) is 2. The summed E-state index contributed by atoms with van der Waals surface area (Å²) in [5.41, 5.74) is 1.83. The molecule has 1 heterocycles. The molecule has 0 bridgehead atoms. The summed E-state index contributed by atoms with van der Waals surface area (Å²) in [4.78, 5) is 4.60. The standard InChI is InChI=1S/C15H20FN3/c1-3-10(2)17-9-15-18-13-8-11(16)4-7-14(13)19(15)12-5-6-12/h4,7-8,10,12,17H,3,5-6,9H2,1-2H3. The van der Waals surface area contributed by atoms with Gasteiger partial charge in [-0.25, -0.2) is 9.37 Å². The first-order valence-electron chi connectivity index (χ1n) is 7.08. The molecule has 1 unspecified atom stereocenters. The second-order valence-corrected chi connectivity index (χ2v) is 5.45. The molecule has 1 N–H and O–H groups in total. The van der Waals surface area contributed by atoms with Crippen LogP contribution in [0, 0.1) is 5.82 Å². The lowest BCUT2D eigenvalue weighted by Crippen LogP contribution is -2.26. The van der Waals surface area contributed by atoms with Gasteiger partial charge < -0.3 is 9.88 Å². The summed E-state index contributed by atoms with van der Waals surface area (Å²) >= 11 is 0. The van der Waals surface area contributed by atoms with Gasteiger partial charge in [0.15, 0.2) is 0 Å². The molecule has 0 saturated heterocycles. The monoisotopic (exact) mass is 261 g/mol. The molecule has 102 valence electrons. The minimum Gasteiger partial charge on any atom is -0.324 e. The normalized spacial score (nSPS) is 17.0. The van der Waals surface area contributed by atoms with Crippen LogP contribution in [-0.2, 0) is 6.54 Å². The van der Waals surface area contributed by atoms with Gasteiger partial charge in [0.2, 0.25) is 0 Å². The maximum absolute atomic E-state index is 13.3. The summed E-state index contributed by atoms with van der Waals surface area (Å²) < 4.78 is 15.6. The van der Waals surface area contributed by atoms with Crippen molar-refractivity contribution in [2.24, 2.45) is 0 Å². The summed E-state index contributed by atoms with van der Waals surface area (Å²) in [6.45, 7) is 5.09. The molecule has 1 fully saturated rings. The molecule has 3 rings (SSSR count). The van der Waals surface area contributed by atoms with Gasteiger partial charge in [-0.05, 0) is 38.3 Å². The Bertz CT molecular complexity index is 586. The van der Waals surface area contributed by atoms with E-state index in [0.29, 0.717) is 12.1 Å². The molecule has 0 radical (unpaired) electrons. The molecule has 1 aromatic heterocycles. The van der Waals surface area contributed by atoms with Crippen molar-refractivity contribution >= 4 is 11.0 Å². The SMILES string of the molecule is CCC(C)NCc1nc2cc(F)ccc2n1C1CC1. The van der Waals surface area contributed by atoms with Crippen LogP contribution in [0.5, 0.6) is 0 Å². The van der Waals surface area contributed by atoms with Gasteiger partial charge in [0.1, 0.15) is 11.6 Å². The van der Waals surface area contributed by atoms with Gasteiger partial charge >= 0.3 is 0 Å². The number of rotatable bonds is 5. The zero-order valence-electron chi connectivity index (χ0n) is 11.5. The molecular formula is C15H20FN3. The molecule has 1 aliphatic carbocycles. The highest BCUT2D eigenvalue weighted by molar-refractivity contribution is 5.76. The topological polar surface area (TPSA) is 29.9 Å². The predicted molar refractivity (Wildman–Crippen MR) is 74.6 cm³/mol. The van der Waals surface area contributed by atoms with Crippen molar-refractivity contribution in [1.82, 2.24) is 14.9 Å². The van der Waals surface area contributed by atoms with Crippen LogP contribution in [0.4, 0.5) is 4.39 Å². The highest BCUT2D eigenvalue weighted by Gasteiger charge is 2.28. The molecule has 1 atom stereocenters. The molecule has 3 nitrogen and oxygen atoms in total. The molecule has 0 amide bonds. The van der Waals surface area contributed by atoms with Crippen LogP contribution in [0.2, 0.25) is 0 Å². The van der Waals surface area contributed by atoms with E-state index in [1.807, 2.05) is 6.07 Å². The number of fused-ring (bicyclic) bond motifs is 1. The van der Waals surface area contributed by atoms with Gasteiger partial charge in [-0.3, -0.25) is 0 Å². The molecule has 4 heteroatoms. The highest BCUT2D eigenvalue weighted by Crippen LogP contribution is 2.38. The lowest BCUT2D eigenvalue weighted by atomic mass is 10.2. The first kappa shape index (κ1) is 12.6. The van der Waals surface area contributed by atoms with E-state index in [9.17, 15) is 4.39 Å².